The summed E-state index contributed by atoms with van der Waals surface area (Å²) in [6.45, 7) is 2.93. The number of aliphatic hydroxyl groups excluding tert-OH is 1. The summed E-state index contributed by atoms with van der Waals surface area (Å²) in [6.07, 6.45) is -5.20. The van der Waals surface area contributed by atoms with Gasteiger partial charge in [0.05, 0.1) is 20.3 Å². The number of carbonyl (C=O) groups excluding carboxylic acids is 2. The average molecular weight is 396 g/mol. The van der Waals surface area contributed by atoms with Crippen molar-refractivity contribution in [1.29, 1.82) is 0 Å². The number of hydrogen-bond acceptors (Lipinski definition) is 9. The Kier molecular flexibility index (Phi) is 6.31. The van der Waals surface area contributed by atoms with Crippen molar-refractivity contribution in [2.45, 2.75) is 56.9 Å². The molecule has 2 fully saturated rings. The molecular formula is C19H24O9. The quantitative estimate of drug-likeness (QED) is 0.688. The third kappa shape index (κ3) is 4.34. The number of benzene rings is 1. The topological polar surface area (TPSA) is 110 Å². The standard InChI is InChI=1S/C19H24O9/c1-11(20)25-15-14(21)13(10-24-9-12-7-5-4-6-8-12)26-17-16(15)27-19(2,28-17)18(22)23-3/h4-8,13-17,21H,9-10H2,1-3H3/t13?,14-,15+,16?,17-,19+/m1/s1. The molecule has 9 heteroatoms. The van der Waals surface area contributed by atoms with Crippen LogP contribution in [0, 0.1) is 0 Å². The van der Waals surface area contributed by atoms with Gasteiger partial charge in [-0.25, -0.2) is 4.79 Å². The predicted octanol–water partition coefficient (Wildman–Crippen LogP) is 0.525. The molecule has 0 aromatic heterocycles. The lowest BCUT2D eigenvalue weighted by Gasteiger charge is -2.39. The van der Waals surface area contributed by atoms with Crippen molar-refractivity contribution in [3.8, 4) is 0 Å². The molecule has 2 heterocycles. The van der Waals surface area contributed by atoms with Gasteiger partial charge >= 0.3 is 11.9 Å². The molecule has 154 valence electrons. The second kappa shape index (κ2) is 8.54. The molecule has 2 aliphatic heterocycles. The molecule has 1 aromatic rings. The van der Waals surface area contributed by atoms with Gasteiger partial charge in [-0.05, 0) is 5.56 Å². The smallest absolute Gasteiger partial charge is 0.366 e. The van der Waals surface area contributed by atoms with Gasteiger partial charge in [0, 0.05) is 13.8 Å². The molecule has 0 saturated carbocycles. The lowest BCUT2D eigenvalue weighted by Crippen LogP contribution is -2.59. The number of rotatable bonds is 6. The van der Waals surface area contributed by atoms with Crippen molar-refractivity contribution >= 4 is 11.9 Å². The van der Waals surface area contributed by atoms with E-state index in [4.69, 9.17) is 23.7 Å². The maximum absolute atomic E-state index is 12.0. The van der Waals surface area contributed by atoms with Gasteiger partial charge in [-0.15, -0.1) is 0 Å². The van der Waals surface area contributed by atoms with E-state index in [9.17, 15) is 14.7 Å². The van der Waals surface area contributed by atoms with E-state index in [-0.39, 0.29) is 6.61 Å². The zero-order chi connectivity index (χ0) is 20.3. The first-order chi connectivity index (χ1) is 13.3. The minimum atomic E-state index is -1.73. The van der Waals surface area contributed by atoms with Crippen LogP contribution in [0.3, 0.4) is 0 Å². The van der Waals surface area contributed by atoms with Crippen LogP contribution >= 0.6 is 0 Å². The molecule has 2 aliphatic rings. The molecule has 1 N–H and O–H groups in total. The minimum Gasteiger partial charge on any atom is -0.465 e. The zero-order valence-electron chi connectivity index (χ0n) is 15.9. The third-order valence-electron chi connectivity index (χ3n) is 4.57. The van der Waals surface area contributed by atoms with Gasteiger partial charge in [0.25, 0.3) is 5.79 Å². The Labute approximate surface area is 162 Å². The van der Waals surface area contributed by atoms with E-state index >= 15 is 0 Å². The number of ether oxygens (including phenoxy) is 6. The summed E-state index contributed by atoms with van der Waals surface area (Å²) in [5.41, 5.74) is 0.959. The van der Waals surface area contributed by atoms with E-state index in [2.05, 4.69) is 4.74 Å². The maximum Gasteiger partial charge on any atom is 0.366 e. The Morgan fingerprint density at radius 1 is 1.21 bits per heavy atom. The number of fused-ring (bicyclic) bond motifs is 1. The zero-order valence-corrected chi connectivity index (χ0v) is 15.9. The number of hydrogen-bond donors (Lipinski definition) is 1. The first-order valence-electron chi connectivity index (χ1n) is 8.90. The predicted molar refractivity (Wildman–Crippen MR) is 92.7 cm³/mol. The first-order valence-corrected chi connectivity index (χ1v) is 8.90. The molecule has 1 aromatic carbocycles. The van der Waals surface area contributed by atoms with Crippen LogP contribution in [-0.2, 0) is 44.6 Å². The van der Waals surface area contributed by atoms with Crippen molar-refractivity contribution in [3.63, 3.8) is 0 Å². The van der Waals surface area contributed by atoms with Crippen molar-refractivity contribution in [2.24, 2.45) is 0 Å². The molecule has 9 nitrogen and oxygen atoms in total. The summed E-state index contributed by atoms with van der Waals surface area (Å²) in [6, 6.07) is 9.50. The van der Waals surface area contributed by atoms with Crippen LogP contribution in [0.5, 0.6) is 0 Å². The summed E-state index contributed by atoms with van der Waals surface area (Å²) < 4.78 is 32.5. The molecule has 0 aliphatic carbocycles. The van der Waals surface area contributed by atoms with Crippen LogP contribution < -0.4 is 0 Å². The van der Waals surface area contributed by atoms with Crippen molar-refractivity contribution in [1.82, 2.24) is 0 Å². The van der Waals surface area contributed by atoms with Crippen molar-refractivity contribution in [2.75, 3.05) is 13.7 Å². The fourth-order valence-electron chi connectivity index (χ4n) is 3.23. The molecule has 0 spiro atoms. The summed E-state index contributed by atoms with van der Waals surface area (Å²) in [7, 11) is 1.20. The Balaban J connectivity index is 1.70. The van der Waals surface area contributed by atoms with Crippen LogP contribution in [0.1, 0.15) is 19.4 Å². The van der Waals surface area contributed by atoms with Crippen LogP contribution in [0.15, 0.2) is 30.3 Å². The Hall–Kier alpha value is -2.04. The van der Waals surface area contributed by atoms with E-state index in [1.807, 2.05) is 30.3 Å². The lowest BCUT2D eigenvalue weighted by atomic mass is 9.99. The molecular weight excluding hydrogens is 372 g/mol. The van der Waals surface area contributed by atoms with Gasteiger partial charge in [-0.1, -0.05) is 30.3 Å². The second-order valence-electron chi connectivity index (χ2n) is 6.75. The number of aliphatic hydroxyl groups is 1. The number of esters is 2. The number of methoxy groups -OCH3 is 1. The molecule has 0 radical (unpaired) electrons. The van der Waals surface area contributed by atoms with E-state index in [1.54, 1.807) is 0 Å². The Morgan fingerprint density at radius 3 is 2.57 bits per heavy atom. The van der Waals surface area contributed by atoms with Crippen LogP contribution in [0.25, 0.3) is 0 Å². The third-order valence-corrected chi connectivity index (χ3v) is 4.57. The van der Waals surface area contributed by atoms with Crippen molar-refractivity contribution in [3.05, 3.63) is 35.9 Å². The highest BCUT2D eigenvalue weighted by molar-refractivity contribution is 5.77. The van der Waals surface area contributed by atoms with Gasteiger partial charge < -0.3 is 33.5 Å². The summed E-state index contributed by atoms with van der Waals surface area (Å²) in [5.74, 6) is -3.11. The fraction of sp³-hybridized carbons (Fsp3) is 0.579. The summed E-state index contributed by atoms with van der Waals surface area (Å²) in [5, 5.41) is 10.7. The van der Waals surface area contributed by atoms with Crippen LogP contribution in [0.4, 0.5) is 0 Å². The SMILES string of the molecule is COC(=O)[C@@]1(C)OC2[C@H](OC(COCc3ccccc3)[C@@H](O)[C@@H]2OC(C)=O)O1. The fourth-order valence-corrected chi connectivity index (χ4v) is 3.23. The van der Waals surface area contributed by atoms with E-state index in [1.165, 1.54) is 21.0 Å². The Morgan fingerprint density at radius 2 is 1.93 bits per heavy atom. The van der Waals surface area contributed by atoms with E-state index in [0.717, 1.165) is 5.56 Å². The van der Waals surface area contributed by atoms with Gasteiger partial charge in [-0.2, -0.15) is 0 Å². The molecule has 28 heavy (non-hydrogen) atoms. The highest BCUT2D eigenvalue weighted by Gasteiger charge is 2.60. The summed E-state index contributed by atoms with van der Waals surface area (Å²) in [4.78, 5) is 23.5. The molecule has 3 rings (SSSR count). The molecule has 2 unspecified atom stereocenters. The molecule has 6 atom stereocenters. The van der Waals surface area contributed by atoms with Gasteiger partial charge in [-0.3, -0.25) is 4.79 Å². The monoisotopic (exact) mass is 396 g/mol. The average Bonchev–Trinajstić information content (AvgIpc) is 3.02. The lowest BCUT2D eigenvalue weighted by molar-refractivity contribution is -0.264. The summed E-state index contributed by atoms with van der Waals surface area (Å²) >= 11 is 0. The number of carbonyl (C=O) groups is 2. The van der Waals surface area contributed by atoms with Crippen LogP contribution in [-0.4, -0.2) is 67.3 Å². The highest BCUT2D eigenvalue weighted by Crippen LogP contribution is 2.38. The first kappa shape index (κ1) is 20.7. The van der Waals surface area contributed by atoms with E-state index in [0.29, 0.717) is 6.61 Å². The van der Waals surface area contributed by atoms with Gasteiger partial charge in [0.2, 0.25) is 0 Å². The van der Waals surface area contributed by atoms with Crippen molar-refractivity contribution < 1.29 is 43.1 Å². The van der Waals surface area contributed by atoms with E-state index < -0.39 is 48.4 Å². The van der Waals surface area contributed by atoms with Gasteiger partial charge in [0.1, 0.15) is 12.2 Å². The van der Waals surface area contributed by atoms with Gasteiger partial charge in [0.15, 0.2) is 18.5 Å². The normalized spacial score (nSPS) is 34.5. The maximum atomic E-state index is 12.0. The molecule has 0 amide bonds. The molecule has 0 bridgehead atoms. The largest absolute Gasteiger partial charge is 0.465 e. The van der Waals surface area contributed by atoms with Crippen LogP contribution in [0.2, 0.25) is 0 Å². The minimum absolute atomic E-state index is 0.0232. The Bertz CT molecular complexity index is 694. The highest BCUT2D eigenvalue weighted by atomic mass is 16.8. The molecule has 2 saturated heterocycles. The second-order valence-corrected chi connectivity index (χ2v) is 6.75.